The van der Waals surface area contributed by atoms with Crippen LogP contribution in [0.15, 0.2) is 27.8 Å². The first kappa shape index (κ1) is 12.9. The minimum Gasteiger partial charge on any atom is -0.493 e. The van der Waals surface area contributed by atoms with Crippen LogP contribution in [0.25, 0.3) is 11.0 Å². The number of hydrogen-bond donors (Lipinski definition) is 1. The average molecular weight is 263 g/mol. The molecule has 0 saturated carbocycles. The van der Waals surface area contributed by atoms with Crippen molar-refractivity contribution in [1.29, 1.82) is 0 Å². The molecule has 1 aromatic heterocycles. The number of methoxy groups -OCH3 is 1. The van der Waals surface area contributed by atoms with Gasteiger partial charge in [-0.3, -0.25) is 0 Å². The average Bonchev–Trinajstić information content (AvgIpc) is 2.82. The summed E-state index contributed by atoms with van der Waals surface area (Å²) in [6.07, 6.45) is 0. The molecule has 0 amide bonds. The van der Waals surface area contributed by atoms with E-state index in [2.05, 4.69) is 9.99 Å². The Morgan fingerprint density at radius 1 is 1.37 bits per heavy atom. The zero-order chi connectivity index (χ0) is 14.0. The van der Waals surface area contributed by atoms with E-state index >= 15 is 0 Å². The predicted octanol–water partition coefficient (Wildman–Crippen LogP) is 2.51. The molecule has 0 saturated heterocycles. The number of carboxylic acids is 1. The number of fused-ring (bicyclic) bond motifs is 1. The lowest BCUT2D eigenvalue weighted by molar-refractivity contribution is 0.0699. The molecular formula is C13H13NO5. The van der Waals surface area contributed by atoms with Gasteiger partial charge in [0.15, 0.2) is 17.1 Å². The van der Waals surface area contributed by atoms with Crippen molar-refractivity contribution in [3.63, 3.8) is 0 Å². The summed E-state index contributed by atoms with van der Waals surface area (Å²) < 4.78 is 10.8. The van der Waals surface area contributed by atoms with Gasteiger partial charge < -0.3 is 19.1 Å². The Bertz CT molecular complexity index is 656. The predicted molar refractivity (Wildman–Crippen MR) is 68.9 cm³/mol. The van der Waals surface area contributed by atoms with Crippen LogP contribution >= 0.6 is 0 Å². The molecule has 0 atom stereocenters. The third kappa shape index (κ3) is 2.24. The van der Waals surface area contributed by atoms with Crippen molar-refractivity contribution in [1.82, 2.24) is 0 Å². The molecule has 2 aromatic rings. The molecule has 0 radical (unpaired) electrons. The van der Waals surface area contributed by atoms with Gasteiger partial charge in [-0.05, 0) is 25.1 Å². The highest BCUT2D eigenvalue weighted by atomic mass is 16.6. The number of benzene rings is 1. The zero-order valence-corrected chi connectivity index (χ0v) is 10.8. The summed E-state index contributed by atoms with van der Waals surface area (Å²) >= 11 is 0. The van der Waals surface area contributed by atoms with Gasteiger partial charge in [-0.15, -0.1) is 0 Å². The lowest BCUT2D eigenvalue weighted by Gasteiger charge is -2.02. The third-order valence-corrected chi connectivity index (χ3v) is 2.68. The van der Waals surface area contributed by atoms with Crippen molar-refractivity contribution < 1.29 is 23.9 Å². The van der Waals surface area contributed by atoms with Gasteiger partial charge in [0.1, 0.15) is 12.8 Å². The molecule has 0 aliphatic carbocycles. The van der Waals surface area contributed by atoms with Crippen LogP contribution in [0.4, 0.5) is 0 Å². The van der Waals surface area contributed by atoms with Gasteiger partial charge in [0.2, 0.25) is 0 Å². The molecule has 1 N–H and O–H groups in total. The lowest BCUT2D eigenvalue weighted by atomic mass is 10.1. The molecule has 6 nitrogen and oxygen atoms in total. The van der Waals surface area contributed by atoms with Crippen molar-refractivity contribution in [2.24, 2.45) is 5.16 Å². The molecule has 0 spiro atoms. The van der Waals surface area contributed by atoms with Gasteiger partial charge in [0.25, 0.3) is 0 Å². The highest BCUT2D eigenvalue weighted by Crippen LogP contribution is 2.31. The van der Waals surface area contributed by atoms with Crippen LogP contribution < -0.4 is 4.74 Å². The highest BCUT2D eigenvalue weighted by Gasteiger charge is 2.18. The van der Waals surface area contributed by atoms with Gasteiger partial charge in [0, 0.05) is 5.39 Å². The molecule has 1 heterocycles. The number of rotatable bonds is 4. The van der Waals surface area contributed by atoms with Crippen LogP contribution in [0.1, 0.15) is 23.0 Å². The Morgan fingerprint density at radius 2 is 2.11 bits per heavy atom. The Morgan fingerprint density at radius 3 is 2.68 bits per heavy atom. The Balaban J connectivity index is 2.71. The van der Waals surface area contributed by atoms with Crippen LogP contribution in [-0.2, 0) is 4.84 Å². The molecule has 0 aliphatic rings. The van der Waals surface area contributed by atoms with E-state index in [9.17, 15) is 4.79 Å². The fourth-order valence-corrected chi connectivity index (χ4v) is 1.81. The molecule has 0 unspecified atom stereocenters. The fourth-order valence-electron chi connectivity index (χ4n) is 1.81. The van der Waals surface area contributed by atoms with E-state index in [1.807, 2.05) is 0 Å². The number of hydrogen-bond acceptors (Lipinski definition) is 5. The third-order valence-electron chi connectivity index (χ3n) is 2.68. The number of carboxylic acid groups (broad SMARTS) is 1. The van der Waals surface area contributed by atoms with Crippen LogP contribution in [0.2, 0.25) is 0 Å². The van der Waals surface area contributed by atoms with E-state index in [-0.39, 0.29) is 5.56 Å². The molecular weight excluding hydrogens is 250 g/mol. The summed E-state index contributed by atoms with van der Waals surface area (Å²) in [7, 11) is 2.92. The topological polar surface area (TPSA) is 81.3 Å². The van der Waals surface area contributed by atoms with Crippen molar-refractivity contribution in [2.45, 2.75) is 6.92 Å². The maximum Gasteiger partial charge on any atom is 0.336 e. The normalized spacial score (nSPS) is 11.6. The molecule has 0 fully saturated rings. The SMILES string of the molecule is CON=C(C)c1cc2c(C(=O)O)ccc(OC)c2o1. The maximum atomic E-state index is 11.2. The number of oxime groups is 1. The van der Waals surface area contributed by atoms with Crippen LogP contribution in [-0.4, -0.2) is 31.0 Å². The quantitative estimate of drug-likeness (QED) is 0.677. The summed E-state index contributed by atoms with van der Waals surface area (Å²) in [5, 5.41) is 13.4. The Kier molecular flexibility index (Phi) is 3.41. The molecule has 6 heteroatoms. The van der Waals surface area contributed by atoms with Crippen LogP contribution in [0.5, 0.6) is 5.75 Å². The smallest absolute Gasteiger partial charge is 0.336 e. The van der Waals surface area contributed by atoms with Crippen LogP contribution in [0.3, 0.4) is 0 Å². The van der Waals surface area contributed by atoms with Gasteiger partial charge in [-0.1, -0.05) is 5.16 Å². The van der Waals surface area contributed by atoms with Crippen molar-refractivity contribution >= 4 is 22.7 Å². The Hall–Kier alpha value is -2.50. The molecule has 19 heavy (non-hydrogen) atoms. The molecule has 0 aliphatic heterocycles. The number of carbonyl (C=O) groups is 1. The molecule has 100 valence electrons. The number of nitrogens with zero attached hydrogens (tertiary/aromatic N) is 1. The fraction of sp³-hybridized carbons (Fsp3) is 0.231. The van der Waals surface area contributed by atoms with Gasteiger partial charge in [-0.2, -0.15) is 0 Å². The first-order valence-corrected chi connectivity index (χ1v) is 5.50. The monoisotopic (exact) mass is 263 g/mol. The summed E-state index contributed by atoms with van der Waals surface area (Å²) in [5.74, 6) is -0.123. The van der Waals surface area contributed by atoms with Crippen molar-refractivity contribution in [2.75, 3.05) is 14.2 Å². The van der Waals surface area contributed by atoms with E-state index in [0.717, 1.165) is 0 Å². The zero-order valence-electron chi connectivity index (χ0n) is 10.8. The van der Waals surface area contributed by atoms with Gasteiger partial charge in [-0.25, -0.2) is 4.79 Å². The van der Waals surface area contributed by atoms with Gasteiger partial charge >= 0.3 is 5.97 Å². The second-order valence-electron chi connectivity index (χ2n) is 3.83. The second kappa shape index (κ2) is 5.01. The lowest BCUT2D eigenvalue weighted by Crippen LogP contribution is -1.97. The standard InChI is InChI=1S/C13H13NO5/c1-7(14-18-3)11-6-9-8(13(15)16)4-5-10(17-2)12(9)19-11/h4-6H,1-3H3,(H,15,16). The first-order chi connectivity index (χ1) is 9.08. The summed E-state index contributed by atoms with van der Waals surface area (Å²) in [5.41, 5.74) is 1.04. The van der Waals surface area contributed by atoms with Crippen molar-refractivity contribution in [3.8, 4) is 5.75 Å². The minimum atomic E-state index is -1.03. The second-order valence-corrected chi connectivity index (χ2v) is 3.83. The van der Waals surface area contributed by atoms with E-state index in [4.69, 9.17) is 14.3 Å². The maximum absolute atomic E-state index is 11.2. The van der Waals surface area contributed by atoms with Gasteiger partial charge in [0.05, 0.1) is 12.7 Å². The van der Waals surface area contributed by atoms with E-state index < -0.39 is 5.97 Å². The first-order valence-electron chi connectivity index (χ1n) is 5.50. The van der Waals surface area contributed by atoms with Crippen LogP contribution in [0, 0.1) is 0 Å². The Labute approximate surface area is 109 Å². The molecule has 0 bridgehead atoms. The molecule has 2 rings (SSSR count). The van der Waals surface area contributed by atoms with Crippen molar-refractivity contribution in [3.05, 3.63) is 29.5 Å². The number of aromatic carboxylic acids is 1. The number of ether oxygens (including phenoxy) is 1. The highest BCUT2D eigenvalue weighted by molar-refractivity contribution is 6.07. The molecule has 1 aromatic carbocycles. The largest absolute Gasteiger partial charge is 0.493 e. The van der Waals surface area contributed by atoms with E-state index in [0.29, 0.717) is 28.2 Å². The van der Waals surface area contributed by atoms with E-state index in [1.54, 1.807) is 19.1 Å². The number of furan rings is 1. The summed E-state index contributed by atoms with van der Waals surface area (Å²) in [6, 6.07) is 4.65. The van der Waals surface area contributed by atoms with E-state index in [1.165, 1.54) is 20.3 Å². The summed E-state index contributed by atoms with van der Waals surface area (Å²) in [6.45, 7) is 1.70. The summed E-state index contributed by atoms with van der Waals surface area (Å²) in [4.78, 5) is 15.9. The minimum absolute atomic E-state index is 0.149.